The van der Waals surface area contributed by atoms with Crippen molar-refractivity contribution in [3.05, 3.63) is 211 Å². The van der Waals surface area contributed by atoms with Crippen LogP contribution in [0.2, 0.25) is 0 Å². The van der Waals surface area contributed by atoms with Gasteiger partial charge in [0.05, 0.1) is 27.6 Å². The van der Waals surface area contributed by atoms with Crippen molar-refractivity contribution in [2.75, 3.05) is 4.90 Å². The Kier molecular flexibility index (Phi) is 7.90. The van der Waals surface area contributed by atoms with Gasteiger partial charge in [0, 0.05) is 72.3 Å². The molecule has 3 heterocycles. The maximum atomic E-state index is 2.37. The highest BCUT2D eigenvalue weighted by Crippen LogP contribution is 2.40. The van der Waals surface area contributed by atoms with Crippen LogP contribution in [0, 0.1) is 6.92 Å². The first-order chi connectivity index (χ1) is 28.7. The number of benzene rings is 8. The topological polar surface area (TPSA) is 18.0 Å². The van der Waals surface area contributed by atoms with Gasteiger partial charge in [-0.2, -0.15) is 0 Å². The van der Waals surface area contributed by atoms with Crippen molar-refractivity contribution < 1.29 is 0 Å². The number of fused-ring (bicyclic) bond motifs is 7. The number of anilines is 3. The molecule has 11 rings (SSSR count). The number of rotatable bonds is 7. The Balaban J connectivity index is 1.04. The third kappa shape index (κ3) is 5.23. The summed E-state index contributed by atoms with van der Waals surface area (Å²) < 4.78 is 7.12. The first-order valence-electron chi connectivity index (χ1n) is 20.0. The van der Waals surface area contributed by atoms with Gasteiger partial charge >= 0.3 is 0 Å². The lowest BCUT2D eigenvalue weighted by Crippen LogP contribution is -2.10. The number of hydrogen-bond acceptors (Lipinski definition) is 1. The SMILES string of the molecule is C/C=C\c1c(C)n(-c2ccc(N(c3ccc(-n4c5ccccc5c5ccccc54)cc3)c3ccc(-n4c5ccccc5c5ccccc54)cc3)cc2)c2ccccc12. The van der Waals surface area contributed by atoms with Crippen LogP contribution in [0.4, 0.5) is 17.1 Å². The summed E-state index contributed by atoms with van der Waals surface area (Å²) in [6.45, 7) is 4.30. The van der Waals surface area contributed by atoms with E-state index in [1.807, 2.05) is 0 Å². The van der Waals surface area contributed by atoms with E-state index in [2.05, 4.69) is 239 Å². The van der Waals surface area contributed by atoms with Crippen molar-refractivity contribution in [1.82, 2.24) is 13.7 Å². The molecule has 11 aromatic rings. The molecule has 0 saturated carbocycles. The zero-order valence-corrected chi connectivity index (χ0v) is 32.4. The summed E-state index contributed by atoms with van der Waals surface area (Å²) in [5, 5.41) is 6.30. The molecule has 0 spiro atoms. The minimum Gasteiger partial charge on any atom is -0.313 e. The average Bonchev–Trinajstić information content (AvgIpc) is 3.90. The van der Waals surface area contributed by atoms with E-state index in [-0.39, 0.29) is 0 Å². The van der Waals surface area contributed by atoms with Crippen molar-refractivity contribution in [2.24, 2.45) is 0 Å². The van der Waals surface area contributed by atoms with Gasteiger partial charge in [0.1, 0.15) is 0 Å². The summed E-state index contributed by atoms with van der Waals surface area (Å²) in [6.07, 6.45) is 4.34. The maximum absolute atomic E-state index is 2.37. The van der Waals surface area contributed by atoms with Gasteiger partial charge in [-0.3, -0.25) is 0 Å². The Morgan fingerprint density at radius 3 is 0.983 bits per heavy atom. The quantitative estimate of drug-likeness (QED) is 0.159. The van der Waals surface area contributed by atoms with Gasteiger partial charge in [-0.25, -0.2) is 0 Å². The fraction of sp³-hybridized carbons (Fsp3) is 0.0370. The highest BCUT2D eigenvalue weighted by molar-refractivity contribution is 6.10. The van der Waals surface area contributed by atoms with Gasteiger partial charge in [0.25, 0.3) is 0 Å². The molecule has 4 heteroatoms. The summed E-state index contributed by atoms with van der Waals surface area (Å²) in [6, 6.07) is 70.4. The van der Waals surface area contributed by atoms with Crippen molar-refractivity contribution in [1.29, 1.82) is 0 Å². The van der Waals surface area contributed by atoms with Crippen LogP contribution in [-0.4, -0.2) is 13.7 Å². The Morgan fingerprint density at radius 2 is 0.638 bits per heavy atom. The second kappa shape index (κ2) is 13.6. The van der Waals surface area contributed by atoms with E-state index >= 15 is 0 Å². The smallest absolute Gasteiger partial charge is 0.0541 e. The summed E-state index contributed by atoms with van der Waals surface area (Å²) in [5.74, 6) is 0. The largest absolute Gasteiger partial charge is 0.313 e. The predicted octanol–water partition coefficient (Wildman–Crippen LogP) is 14.6. The van der Waals surface area contributed by atoms with E-state index in [9.17, 15) is 0 Å². The average molecular weight is 745 g/mol. The zero-order chi connectivity index (χ0) is 38.7. The molecule has 0 saturated heterocycles. The van der Waals surface area contributed by atoms with E-state index in [1.54, 1.807) is 0 Å². The van der Waals surface area contributed by atoms with E-state index in [0.717, 1.165) is 34.1 Å². The van der Waals surface area contributed by atoms with Crippen LogP contribution in [0.15, 0.2) is 200 Å². The van der Waals surface area contributed by atoms with Crippen LogP contribution in [0.3, 0.4) is 0 Å². The third-order valence-electron chi connectivity index (χ3n) is 11.8. The van der Waals surface area contributed by atoms with E-state index in [0.29, 0.717) is 0 Å². The van der Waals surface area contributed by atoms with Crippen LogP contribution in [-0.2, 0) is 0 Å². The van der Waals surface area contributed by atoms with Gasteiger partial charge in [-0.05, 0) is 117 Å². The molecule has 0 radical (unpaired) electrons. The second-order valence-corrected chi connectivity index (χ2v) is 15.0. The molecule has 58 heavy (non-hydrogen) atoms. The molecule has 0 bridgehead atoms. The molecule has 0 atom stereocenters. The Hall–Kier alpha value is -7.56. The van der Waals surface area contributed by atoms with Crippen molar-refractivity contribution in [3.63, 3.8) is 0 Å². The third-order valence-corrected chi connectivity index (χ3v) is 11.8. The fourth-order valence-corrected chi connectivity index (χ4v) is 9.20. The van der Waals surface area contributed by atoms with E-state index < -0.39 is 0 Å². The molecule has 0 unspecified atom stereocenters. The van der Waals surface area contributed by atoms with Gasteiger partial charge in [0.15, 0.2) is 0 Å². The molecule has 0 N–H and O–H groups in total. The Bertz CT molecular complexity index is 3070. The lowest BCUT2D eigenvalue weighted by Gasteiger charge is -2.26. The first-order valence-corrected chi connectivity index (χ1v) is 20.0. The van der Waals surface area contributed by atoms with Crippen LogP contribution in [0.5, 0.6) is 0 Å². The van der Waals surface area contributed by atoms with Gasteiger partial charge < -0.3 is 18.6 Å². The normalized spacial score (nSPS) is 11.9. The van der Waals surface area contributed by atoms with Gasteiger partial charge in [-0.15, -0.1) is 0 Å². The van der Waals surface area contributed by atoms with Crippen LogP contribution < -0.4 is 4.90 Å². The van der Waals surface area contributed by atoms with Crippen LogP contribution in [0.25, 0.3) is 77.7 Å². The molecule has 0 aliphatic carbocycles. The summed E-state index contributed by atoms with van der Waals surface area (Å²) in [4.78, 5) is 2.36. The number of aromatic nitrogens is 3. The number of allylic oxidation sites excluding steroid dienone is 1. The van der Waals surface area contributed by atoms with E-state index in [4.69, 9.17) is 0 Å². The summed E-state index contributed by atoms with van der Waals surface area (Å²) in [5.41, 5.74) is 15.2. The van der Waals surface area contributed by atoms with Crippen molar-refractivity contribution in [2.45, 2.75) is 13.8 Å². The summed E-state index contributed by atoms with van der Waals surface area (Å²) >= 11 is 0. The van der Waals surface area contributed by atoms with Crippen LogP contribution in [0.1, 0.15) is 18.2 Å². The molecule has 0 aliphatic rings. The summed E-state index contributed by atoms with van der Waals surface area (Å²) in [7, 11) is 0. The van der Waals surface area contributed by atoms with Crippen molar-refractivity contribution in [3.8, 4) is 17.1 Å². The number of para-hydroxylation sites is 5. The minimum absolute atomic E-state index is 1.08. The highest BCUT2D eigenvalue weighted by Gasteiger charge is 2.18. The number of nitrogens with zero attached hydrogens (tertiary/aromatic N) is 4. The molecule has 3 aromatic heterocycles. The molecule has 276 valence electrons. The van der Waals surface area contributed by atoms with Gasteiger partial charge in [-0.1, -0.05) is 103 Å². The highest BCUT2D eigenvalue weighted by atomic mass is 15.1. The lowest BCUT2D eigenvalue weighted by molar-refractivity contribution is 1.05. The minimum atomic E-state index is 1.08. The molecular weight excluding hydrogens is 705 g/mol. The molecular formula is C54H40N4. The molecule has 0 aliphatic heterocycles. The zero-order valence-electron chi connectivity index (χ0n) is 32.4. The van der Waals surface area contributed by atoms with Crippen LogP contribution >= 0.6 is 0 Å². The standard InChI is InChI=1S/C54H40N4/c1-3-14-44-37(2)55(50-20-9-4-15-45(44)50)38-25-27-39(28-26-38)56(40-29-33-42(34-30-40)57-51-21-10-5-16-46(51)47-17-6-11-22-52(47)57)41-31-35-43(36-32-41)58-53-23-12-7-18-48(53)49-19-8-13-24-54(49)58/h3-36H,1-2H3/b14-3-. The molecule has 0 amide bonds. The number of hydrogen-bond donors (Lipinski definition) is 0. The molecule has 8 aromatic carbocycles. The fourth-order valence-electron chi connectivity index (χ4n) is 9.20. The maximum Gasteiger partial charge on any atom is 0.0541 e. The monoisotopic (exact) mass is 744 g/mol. The van der Waals surface area contributed by atoms with E-state index in [1.165, 1.54) is 65.8 Å². The predicted molar refractivity (Wildman–Crippen MR) is 246 cm³/mol. The first kappa shape index (κ1) is 33.8. The van der Waals surface area contributed by atoms with Crippen molar-refractivity contribution >= 4 is 77.7 Å². The molecule has 4 nitrogen and oxygen atoms in total. The Morgan fingerprint density at radius 1 is 0.345 bits per heavy atom. The molecule has 0 fully saturated rings. The second-order valence-electron chi connectivity index (χ2n) is 15.0. The lowest BCUT2D eigenvalue weighted by atomic mass is 10.1. The van der Waals surface area contributed by atoms with Gasteiger partial charge in [0.2, 0.25) is 0 Å². The Labute approximate surface area is 337 Å².